The maximum Gasteiger partial charge on any atom is 0.263 e. The van der Waals surface area contributed by atoms with Crippen LogP contribution in [0.3, 0.4) is 0 Å². The fraction of sp³-hybridized carbons (Fsp3) is 0.375. The molecule has 0 aliphatic carbocycles. The second-order valence-corrected chi connectivity index (χ2v) is 9.34. The minimum Gasteiger partial charge on any atom is -0.345 e. The van der Waals surface area contributed by atoms with Crippen LogP contribution in [-0.2, 0) is 9.84 Å². The Balaban J connectivity index is 1.82. The summed E-state index contributed by atoms with van der Waals surface area (Å²) in [6.45, 7) is 3.58. The highest BCUT2D eigenvalue weighted by molar-refractivity contribution is 7.91. The van der Waals surface area contributed by atoms with Gasteiger partial charge < -0.3 is 5.32 Å². The van der Waals surface area contributed by atoms with Gasteiger partial charge in [-0.25, -0.2) is 13.4 Å². The molecule has 1 fully saturated rings. The number of nitrogens with one attached hydrogen (secondary N) is 1. The van der Waals surface area contributed by atoms with Crippen molar-refractivity contribution in [3.8, 4) is 10.6 Å². The van der Waals surface area contributed by atoms with Crippen LogP contribution in [0.15, 0.2) is 30.3 Å². The Morgan fingerprint density at radius 1 is 1.30 bits per heavy atom. The van der Waals surface area contributed by atoms with E-state index in [9.17, 15) is 13.2 Å². The average molecular weight is 350 g/mol. The van der Waals surface area contributed by atoms with E-state index in [-0.39, 0.29) is 17.4 Å². The van der Waals surface area contributed by atoms with Gasteiger partial charge in [0.25, 0.3) is 5.91 Å². The van der Waals surface area contributed by atoms with Gasteiger partial charge in [-0.2, -0.15) is 0 Å². The van der Waals surface area contributed by atoms with Crippen molar-refractivity contribution in [2.75, 3.05) is 11.5 Å². The molecule has 1 saturated heterocycles. The van der Waals surface area contributed by atoms with Crippen molar-refractivity contribution in [1.82, 2.24) is 10.3 Å². The van der Waals surface area contributed by atoms with Gasteiger partial charge in [-0.05, 0) is 20.3 Å². The molecule has 2 heterocycles. The number of carbonyl (C=O) groups excluding carboxylic acids is 1. The molecule has 7 heteroatoms. The van der Waals surface area contributed by atoms with Gasteiger partial charge in [0.1, 0.15) is 9.88 Å². The molecular weight excluding hydrogens is 332 g/mol. The van der Waals surface area contributed by atoms with Gasteiger partial charge in [0.15, 0.2) is 9.84 Å². The first-order valence-corrected chi connectivity index (χ1v) is 9.98. The largest absolute Gasteiger partial charge is 0.345 e. The molecule has 23 heavy (non-hydrogen) atoms. The molecule has 0 radical (unpaired) electrons. The van der Waals surface area contributed by atoms with E-state index in [0.717, 1.165) is 10.6 Å². The minimum atomic E-state index is -3.06. The third kappa shape index (κ3) is 3.45. The van der Waals surface area contributed by atoms with Crippen molar-refractivity contribution in [3.05, 3.63) is 40.9 Å². The van der Waals surface area contributed by atoms with Gasteiger partial charge in [-0.3, -0.25) is 4.79 Å². The SMILES string of the molecule is Cc1nc(-c2ccccc2)sc1C(=O)N[C@]1(C)CCS(=O)(=O)C1. The first kappa shape index (κ1) is 16.1. The van der Waals surface area contributed by atoms with E-state index in [1.807, 2.05) is 30.3 Å². The van der Waals surface area contributed by atoms with Crippen molar-refractivity contribution in [2.45, 2.75) is 25.8 Å². The topological polar surface area (TPSA) is 76.1 Å². The molecule has 0 unspecified atom stereocenters. The number of aryl methyl sites for hydroxylation is 1. The molecule has 0 saturated carbocycles. The molecule has 1 aromatic heterocycles. The Kier molecular flexibility index (Phi) is 4.01. The lowest BCUT2D eigenvalue weighted by atomic mass is 10.0. The van der Waals surface area contributed by atoms with Crippen LogP contribution in [0.25, 0.3) is 10.6 Å². The van der Waals surface area contributed by atoms with E-state index in [4.69, 9.17) is 0 Å². The van der Waals surface area contributed by atoms with Crippen LogP contribution in [-0.4, -0.2) is 36.4 Å². The summed E-state index contributed by atoms with van der Waals surface area (Å²) in [5, 5.41) is 3.67. The summed E-state index contributed by atoms with van der Waals surface area (Å²) in [4.78, 5) is 17.6. The molecule has 1 atom stereocenters. The summed E-state index contributed by atoms with van der Waals surface area (Å²) in [6.07, 6.45) is 0.449. The summed E-state index contributed by atoms with van der Waals surface area (Å²) in [5.41, 5.74) is 0.935. The van der Waals surface area contributed by atoms with Crippen LogP contribution in [0.2, 0.25) is 0 Å². The second kappa shape index (κ2) is 5.72. The van der Waals surface area contributed by atoms with Crippen LogP contribution in [0.1, 0.15) is 28.7 Å². The maximum absolute atomic E-state index is 12.5. The third-order valence-corrected chi connectivity index (χ3v) is 7.05. The zero-order valence-electron chi connectivity index (χ0n) is 13.0. The number of amides is 1. The standard InChI is InChI=1S/C16H18N2O3S2/c1-11-13(22-15(17-11)12-6-4-3-5-7-12)14(19)18-16(2)8-9-23(20,21)10-16/h3-7H,8-10H2,1-2H3,(H,18,19)/t16-/m1/s1. The van der Waals surface area contributed by atoms with E-state index in [1.54, 1.807) is 13.8 Å². The minimum absolute atomic E-state index is 0.00483. The summed E-state index contributed by atoms with van der Waals surface area (Å²) in [6, 6.07) is 9.68. The highest BCUT2D eigenvalue weighted by Gasteiger charge is 2.40. The zero-order valence-corrected chi connectivity index (χ0v) is 14.6. The highest BCUT2D eigenvalue weighted by Crippen LogP contribution is 2.29. The Labute approximate surface area is 139 Å². The number of hydrogen-bond donors (Lipinski definition) is 1. The molecule has 2 aromatic rings. The molecule has 1 amide bonds. The Bertz CT molecular complexity index is 843. The molecule has 1 aliphatic heterocycles. The molecule has 3 rings (SSSR count). The van der Waals surface area contributed by atoms with E-state index < -0.39 is 15.4 Å². The van der Waals surface area contributed by atoms with Crippen LogP contribution in [0.5, 0.6) is 0 Å². The molecule has 5 nitrogen and oxygen atoms in total. The van der Waals surface area contributed by atoms with Crippen LogP contribution in [0.4, 0.5) is 0 Å². The van der Waals surface area contributed by atoms with Crippen molar-refractivity contribution >= 4 is 27.1 Å². The van der Waals surface area contributed by atoms with Gasteiger partial charge in [-0.1, -0.05) is 30.3 Å². The lowest BCUT2D eigenvalue weighted by Crippen LogP contribution is -2.46. The third-order valence-electron chi connectivity index (χ3n) is 3.94. The Hall–Kier alpha value is -1.73. The fourth-order valence-electron chi connectivity index (χ4n) is 2.75. The Morgan fingerprint density at radius 2 is 2.00 bits per heavy atom. The predicted octanol–water partition coefficient (Wildman–Crippen LogP) is 2.43. The number of sulfone groups is 1. The fourth-order valence-corrected chi connectivity index (χ4v) is 5.81. The number of benzene rings is 1. The first-order valence-electron chi connectivity index (χ1n) is 7.34. The lowest BCUT2D eigenvalue weighted by Gasteiger charge is -2.23. The molecule has 0 bridgehead atoms. The van der Waals surface area contributed by atoms with Crippen molar-refractivity contribution in [2.24, 2.45) is 0 Å². The molecule has 1 aliphatic rings. The van der Waals surface area contributed by atoms with E-state index >= 15 is 0 Å². The van der Waals surface area contributed by atoms with Crippen LogP contribution >= 0.6 is 11.3 Å². The monoisotopic (exact) mass is 350 g/mol. The lowest BCUT2D eigenvalue weighted by molar-refractivity contribution is 0.0919. The van der Waals surface area contributed by atoms with Crippen LogP contribution in [0, 0.1) is 6.92 Å². The smallest absolute Gasteiger partial charge is 0.263 e. The molecule has 122 valence electrons. The number of aromatic nitrogens is 1. The first-order chi connectivity index (χ1) is 10.8. The predicted molar refractivity (Wildman–Crippen MR) is 91.4 cm³/mol. The van der Waals surface area contributed by atoms with Gasteiger partial charge in [-0.15, -0.1) is 11.3 Å². The summed E-state index contributed by atoms with van der Waals surface area (Å²) in [5.74, 6) is -0.127. The zero-order chi connectivity index (χ0) is 16.7. The van der Waals surface area contributed by atoms with Crippen LogP contribution < -0.4 is 5.32 Å². The summed E-state index contributed by atoms with van der Waals surface area (Å²) >= 11 is 1.33. The van der Waals surface area contributed by atoms with Gasteiger partial charge in [0, 0.05) is 5.56 Å². The average Bonchev–Trinajstić information content (AvgIpc) is 3.00. The molecular formula is C16H18N2O3S2. The number of nitrogens with zero attached hydrogens (tertiary/aromatic N) is 1. The van der Waals surface area contributed by atoms with Crippen molar-refractivity contribution in [3.63, 3.8) is 0 Å². The quantitative estimate of drug-likeness (QED) is 0.922. The van der Waals surface area contributed by atoms with E-state index in [0.29, 0.717) is 17.0 Å². The van der Waals surface area contributed by atoms with Crippen molar-refractivity contribution in [1.29, 1.82) is 0 Å². The van der Waals surface area contributed by atoms with E-state index in [2.05, 4.69) is 10.3 Å². The normalized spacial score (nSPS) is 22.9. The van der Waals surface area contributed by atoms with Gasteiger partial charge >= 0.3 is 0 Å². The number of hydrogen-bond acceptors (Lipinski definition) is 5. The number of thiazole rings is 1. The molecule has 1 N–H and O–H groups in total. The molecule has 1 aromatic carbocycles. The highest BCUT2D eigenvalue weighted by atomic mass is 32.2. The van der Waals surface area contributed by atoms with Gasteiger partial charge in [0.05, 0.1) is 22.7 Å². The van der Waals surface area contributed by atoms with Gasteiger partial charge in [0.2, 0.25) is 0 Å². The van der Waals surface area contributed by atoms with E-state index in [1.165, 1.54) is 11.3 Å². The summed E-state index contributed by atoms with van der Waals surface area (Å²) < 4.78 is 23.3. The number of carbonyl (C=O) groups is 1. The molecule has 0 spiro atoms. The summed E-state index contributed by atoms with van der Waals surface area (Å²) in [7, 11) is -3.06. The second-order valence-electron chi connectivity index (χ2n) is 6.16. The van der Waals surface area contributed by atoms with Crippen molar-refractivity contribution < 1.29 is 13.2 Å². The maximum atomic E-state index is 12.5. The number of rotatable bonds is 3. The Morgan fingerprint density at radius 3 is 2.61 bits per heavy atom.